The summed E-state index contributed by atoms with van der Waals surface area (Å²) >= 11 is 5.26. The zero-order valence-electron chi connectivity index (χ0n) is 10.1. The normalized spacial score (nSPS) is 13.6. The molecular weight excluding hydrogens is 326 g/mol. The molecule has 2 heterocycles. The number of hydrogen-bond acceptors (Lipinski definition) is 3. The Bertz CT molecular complexity index is 638. The number of benzene rings is 1. The lowest BCUT2D eigenvalue weighted by Crippen LogP contribution is -2.19. The molecule has 5 heteroatoms. The second kappa shape index (κ2) is 4.98. The second-order valence-electron chi connectivity index (χ2n) is 4.51. The third-order valence-electron chi connectivity index (χ3n) is 3.35. The number of nitrogens with zero attached hydrogens (tertiary/aromatic N) is 1. The first-order valence-electron chi connectivity index (χ1n) is 5.98. The molecule has 0 bridgehead atoms. The van der Waals surface area contributed by atoms with E-state index in [1.54, 1.807) is 23.5 Å². The summed E-state index contributed by atoms with van der Waals surface area (Å²) in [5.41, 5.74) is 2.65. The summed E-state index contributed by atoms with van der Waals surface area (Å²) < 4.78 is 1.13. The van der Waals surface area contributed by atoms with Crippen LogP contribution in [-0.2, 0) is 13.0 Å². The number of carbonyl (C=O) groups is 1. The van der Waals surface area contributed by atoms with Gasteiger partial charge in [-0.15, -0.1) is 11.3 Å². The summed E-state index contributed by atoms with van der Waals surface area (Å²) in [6.45, 7) is 1.77. The number of carboxylic acids is 1. The summed E-state index contributed by atoms with van der Waals surface area (Å²) in [5.74, 6) is -0.869. The maximum absolute atomic E-state index is 11.1. The zero-order chi connectivity index (χ0) is 13.4. The highest BCUT2D eigenvalue weighted by molar-refractivity contribution is 9.10. The van der Waals surface area contributed by atoms with Crippen molar-refractivity contribution in [3.63, 3.8) is 0 Å². The Kier molecular flexibility index (Phi) is 3.33. The fourth-order valence-corrected chi connectivity index (χ4v) is 3.85. The van der Waals surface area contributed by atoms with Gasteiger partial charge in [0.05, 0.1) is 12.1 Å². The average molecular weight is 338 g/mol. The molecule has 0 atom stereocenters. The van der Waals surface area contributed by atoms with E-state index in [9.17, 15) is 4.79 Å². The van der Waals surface area contributed by atoms with Crippen molar-refractivity contribution in [3.8, 4) is 0 Å². The maximum Gasteiger partial charge on any atom is 0.335 e. The molecular formula is C14H12BrNO2S. The molecule has 1 aliphatic rings. The van der Waals surface area contributed by atoms with Gasteiger partial charge in [0.25, 0.3) is 0 Å². The van der Waals surface area contributed by atoms with Crippen LogP contribution in [0.1, 0.15) is 20.8 Å². The minimum atomic E-state index is -0.869. The Balaban J connectivity index is 1.90. The van der Waals surface area contributed by atoms with Gasteiger partial charge in [-0.25, -0.2) is 4.79 Å². The third kappa shape index (κ3) is 2.40. The molecule has 0 amide bonds. The Morgan fingerprint density at radius 2 is 2.26 bits per heavy atom. The van der Waals surface area contributed by atoms with Crippen molar-refractivity contribution in [3.05, 3.63) is 50.1 Å². The van der Waals surface area contributed by atoms with Gasteiger partial charge in [0.15, 0.2) is 0 Å². The molecule has 1 aromatic heterocycles. The van der Waals surface area contributed by atoms with Crippen LogP contribution in [0.15, 0.2) is 34.1 Å². The van der Waals surface area contributed by atoms with Crippen molar-refractivity contribution in [2.45, 2.75) is 13.0 Å². The van der Waals surface area contributed by atoms with E-state index in [-0.39, 0.29) is 0 Å². The van der Waals surface area contributed by atoms with Crippen molar-refractivity contribution in [2.75, 3.05) is 11.4 Å². The highest BCUT2D eigenvalue weighted by Crippen LogP contribution is 2.33. The molecule has 1 N–H and O–H groups in total. The minimum absolute atomic E-state index is 0.357. The second-order valence-corrected chi connectivity index (χ2v) is 6.37. The van der Waals surface area contributed by atoms with Gasteiger partial charge >= 0.3 is 5.97 Å². The molecule has 0 saturated carbocycles. The first-order valence-corrected chi connectivity index (χ1v) is 7.65. The number of anilines is 1. The quantitative estimate of drug-likeness (QED) is 0.926. The summed E-state index contributed by atoms with van der Waals surface area (Å²) in [4.78, 5) is 14.6. The highest BCUT2D eigenvalue weighted by atomic mass is 79.9. The van der Waals surface area contributed by atoms with Gasteiger partial charge in [-0.05, 0) is 51.5 Å². The van der Waals surface area contributed by atoms with E-state index < -0.39 is 5.97 Å². The number of rotatable bonds is 3. The molecule has 0 radical (unpaired) electrons. The Morgan fingerprint density at radius 1 is 1.42 bits per heavy atom. The van der Waals surface area contributed by atoms with Crippen LogP contribution in [-0.4, -0.2) is 17.6 Å². The van der Waals surface area contributed by atoms with Crippen molar-refractivity contribution in [1.29, 1.82) is 0 Å². The number of thiophene rings is 1. The SMILES string of the molecule is O=C(O)c1ccc2c(c1)N(Cc1sccc1Br)CC2. The fourth-order valence-electron chi connectivity index (χ4n) is 2.35. The lowest BCUT2D eigenvalue weighted by Gasteiger charge is -2.19. The van der Waals surface area contributed by atoms with Crippen LogP contribution < -0.4 is 4.90 Å². The van der Waals surface area contributed by atoms with E-state index in [2.05, 4.69) is 26.2 Å². The number of fused-ring (bicyclic) bond motifs is 1. The highest BCUT2D eigenvalue weighted by Gasteiger charge is 2.21. The topological polar surface area (TPSA) is 40.5 Å². The van der Waals surface area contributed by atoms with Gasteiger partial charge in [0.1, 0.15) is 0 Å². The standard InChI is InChI=1S/C14H12BrNO2S/c15-11-4-6-19-13(11)8-16-5-3-9-1-2-10(14(17)18)7-12(9)16/h1-2,4,6-7H,3,5,8H2,(H,17,18). The van der Waals surface area contributed by atoms with Crippen molar-refractivity contribution < 1.29 is 9.90 Å². The van der Waals surface area contributed by atoms with Gasteiger partial charge < -0.3 is 10.0 Å². The monoisotopic (exact) mass is 337 g/mol. The number of halogens is 1. The minimum Gasteiger partial charge on any atom is -0.478 e. The van der Waals surface area contributed by atoms with Crippen LogP contribution in [0.5, 0.6) is 0 Å². The largest absolute Gasteiger partial charge is 0.478 e. The molecule has 19 heavy (non-hydrogen) atoms. The summed E-state index contributed by atoms with van der Waals surface area (Å²) in [7, 11) is 0. The van der Waals surface area contributed by atoms with Crippen LogP contribution in [0.3, 0.4) is 0 Å². The first kappa shape index (κ1) is 12.7. The summed E-state index contributed by atoms with van der Waals surface area (Å²) in [5, 5.41) is 11.1. The van der Waals surface area contributed by atoms with Gasteiger partial charge in [-0.3, -0.25) is 0 Å². The maximum atomic E-state index is 11.1. The predicted molar refractivity (Wildman–Crippen MR) is 80.2 cm³/mol. The molecule has 98 valence electrons. The van der Waals surface area contributed by atoms with E-state index in [4.69, 9.17) is 5.11 Å². The van der Waals surface area contributed by atoms with Crippen LogP contribution >= 0.6 is 27.3 Å². The van der Waals surface area contributed by atoms with E-state index in [0.717, 1.165) is 29.7 Å². The van der Waals surface area contributed by atoms with E-state index in [1.165, 1.54) is 10.4 Å². The van der Waals surface area contributed by atoms with E-state index in [0.29, 0.717) is 5.56 Å². The molecule has 0 fully saturated rings. The van der Waals surface area contributed by atoms with Crippen LogP contribution in [0.4, 0.5) is 5.69 Å². The lowest BCUT2D eigenvalue weighted by atomic mass is 10.1. The molecule has 0 unspecified atom stereocenters. The summed E-state index contributed by atoms with van der Waals surface area (Å²) in [6, 6.07) is 7.45. The van der Waals surface area contributed by atoms with Crippen LogP contribution in [0.2, 0.25) is 0 Å². The molecule has 1 aromatic carbocycles. The van der Waals surface area contributed by atoms with Crippen molar-refractivity contribution in [1.82, 2.24) is 0 Å². The van der Waals surface area contributed by atoms with Crippen LogP contribution in [0, 0.1) is 0 Å². The molecule has 0 aliphatic carbocycles. The molecule has 0 saturated heterocycles. The smallest absolute Gasteiger partial charge is 0.335 e. The van der Waals surface area contributed by atoms with Gasteiger partial charge in [-0.2, -0.15) is 0 Å². The molecule has 3 rings (SSSR count). The molecule has 2 aromatic rings. The Morgan fingerprint density at radius 3 is 2.95 bits per heavy atom. The van der Waals surface area contributed by atoms with E-state index >= 15 is 0 Å². The average Bonchev–Trinajstić information content (AvgIpc) is 2.97. The Labute approximate surface area is 123 Å². The van der Waals surface area contributed by atoms with Gasteiger partial charge in [0.2, 0.25) is 0 Å². The first-order chi connectivity index (χ1) is 9.15. The van der Waals surface area contributed by atoms with Crippen molar-refractivity contribution >= 4 is 38.9 Å². The Hall–Kier alpha value is -1.33. The van der Waals surface area contributed by atoms with Crippen molar-refractivity contribution in [2.24, 2.45) is 0 Å². The number of aromatic carboxylic acids is 1. The third-order valence-corrected chi connectivity index (χ3v) is 5.26. The fraction of sp³-hybridized carbons (Fsp3) is 0.214. The van der Waals surface area contributed by atoms with Crippen LogP contribution in [0.25, 0.3) is 0 Å². The molecule has 3 nitrogen and oxygen atoms in total. The summed E-state index contributed by atoms with van der Waals surface area (Å²) in [6.07, 6.45) is 0.984. The van der Waals surface area contributed by atoms with Gasteiger partial charge in [0, 0.05) is 21.6 Å². The molecule has 1 aliphatic heterocycles. The lowest BCUT2D eigenvalue weighted by molar-refractivity contribution is 0.0697. The van der Waals surface area contributed by atoms with E-state index in [1.807, 2.05) is 12.1 Å². The number of carboxylic acid groups (broad SMARTS) is 1. The predicted octanol–water partition coefficient (Wildman–Crippen LogP) is 3.77. The number of hydrogen-bond donors (Lipinski definition) is 1. The molecule has 0 spiro atoms. The zero-order valence-corrected chi connectivity index (χ0v) is 12.5. The van der Waals surface area contributed by atoms with Gasteiger partial charge in [-0.1, -0.05) is 6.07 Å².